The number of aromatic nitrogens is 2. The van der Waals surface area contributed by atoms with E-state index in [2.05, 4.69) is 0 Å². The molecule has 2 unspecified atom stereocenters. The van der Waals surface area contributed by atoms with Gasteiger partial charge in [0.2, 0.25) is 5.91 Å². The summed E-state index contributed by atoms with van der Waals surface area (Å²) in [5, 5.41) is 19.2. The van der Waals surface area contributed by atoms with Gasteiger partial charge >= 0.3 is 5.97 Å². The van der Waals surface area contributed by atoms with Crippen LogP contribution in [-0.4, -0.2) is 43.7 Å². The number of nitrogens with zero attached hydrogens (tertiary/aromatic N) is 3. The minimum Gasteiger partial charge on any atom is -0.477 e. The number of carbonyl (C=O) groups is 2. The predicted octanol–water partition coefficient (Wildman–Crippen LogP) is -0.00950. The van der Waals surface area contributed by atoms with E-state index in [1.165, 1.54) is 16.7 Å². The van der Waals surface area contributed by atoms with Crippen molar-refractivity contribution < 1.29 is 24.4 Å². The number of aliphatic hydroxyl groups is 1. The van der Waals surface area contributed by atoms with E-state index in [-0.39, 0.29) is 17.6 Å². The zero-order valence-electron chi connectivity index (χ0n) is 13.3. The first-order chi connectivity index (χ1) is 10.8. The van der Waals surface area contributed by atoms with Gasteiger partial charge in [-0.15, -0.1) is 11.8 Å². The molecule has 0 saturated carbocycles. The zero-order valence-corrected chi connectivity index (χ0v) is 14.1. The van der Waals surface area contributed by atoms with Gasteiger partial charge in [-0.2, -0.15) is 0 Å². The average molecular weight is 338 g/mol. The highest BCUT2D eigenvalue weighted by Crippen LogP contribution is 2.47. The Labute approximate surface area is 138 Å². The minimum atomic E-state index is -1.08. The molecule has 23 heavy (non-hydrogen) atoms. The fourth-order valence-corrected chi connectivity index (χ4v) is 4.66. The first kappa shape index (κ1) is 16.1. The number of aryl methyl sites for hydroxylation is 2. The van der Waals surface area contributed by atoms with Gasteiger partial charge in [0, 0.05) is 11.3 Å². The Kier molecular flexibility index (Phi) is 3.97. The van der Waals surface area contributed by atoms with Gasteiger partial charge in [0.25, 0.3) is 5.82 Å². The standard InChI is InChI=1S/C15H19N3O4S/c1-8(19)12-9-6-10(13(15(21)22)18(9)14(12)20)23-7-11-16(2)4-5-17(11)3/h4-5,8-9,12,19H,6-7H2,1-3H3/p+1/t8?,9?,12-/m1/s1. The third-order valence-corrected chi connectivity index (χ3v) is 5.71. The summed E-state index contributed by atoms with van der Waals surface area (Å²) in [4.78, 5) is 25.8. The molecule has 0 aromatic carbocycles. The van der Waals surface area contributed by atoms with Crippen LogP contribution >= 0.6 is 11.8 Å². The summed E-state index contributed by atoms with van der Waals surface area (Å²) in [6.07, 6.45) is 3.63. The van der Waals surface area contributed by atoms with Crippen molar-refractivity contribution in [1.29, 1.82) is 0 Å². The highest BCUT2D eigenvalue weighted by atomic mass is 32.2. The first-order valence-corrected chi connectivity index (χ1v) is 8.41. The van der Waals surface area contributed by atoms with E-state index >= 15 is 0 Å². The Morgan fingerprint density at radius 2 is 2.26 bits per heavy atom. The number of β-lactam (4-membered cyclic amide) rings is 1. The van der Waals surface area contributed by atoms with Crippen molar-refractivity contribution in [2.45, 2.75) is 31.2 Å². The summed E-state index contributed by atoms with van der Waals surface area (Å²) in [5.74, 6) is -0.181. The molecule has 0 radical (unpaired) electrons. The van der Waals surface area contributed by atoms with Crippen LogP contribution in [0.4, 0.5) is 0 Å². The smallest absolute Gasteiger partial charge is 0.353 e. The molecule has 3 rings (SSSR count). The van der Waals surface area contributed by atoms with Gasteiger partial charge in [0.1, 0.15) is 18.1 Å². The maximum Gasteiger partial charge on any atom is 0.353 e. The number of aliphatic carboxylic acids is 1. The Hall–Kier alpha value is -1.80. The van der Waals surface area contributed by atoms with Crippen molar-refractivity contribution >= 4 is 23.6 Å². The first-order valence-electron chi connectivity index (χ1n) is 7.43. The molecule has 124 valence electrons. The van der Waals surface area contributed by atoms with E-state index in [0.717, 1.165) is 5.82 Å². The lowest BCUT2D eigenvalue weighted by atomic mass is 9.83. The van der Waals surface area contributed by atoms with Gasteiger partial charge in [-0.3, -0.25) is 4.79 Å². The van der Waals surface area contributed by atoms with Crippen LogP contribution < -0.4 is 4.57 Å². The number of imidazole rings is 1. The number of rotatable bonds is 5. The van der Waals surface area contributed by atoms with E-state index in [0.29, 0.717) is 17.1 Å². The second-order valence-electron chi connectivity index (χ2n) is 6.05. The van der Waals surface area contributed by atoms with Crippen LogP contribution in [0.3, 0.4) is 0 Å². The summed E-state index contributed by atoms with van der Waals surface area (Å²) in [6, 6.07) is -0.224. The van der Waals surface area contributed by atoms with E-state index in [9.17, 15) is 19.8 Å². The summed E-state index contributed by atoms with van der Waals surface area (Å²) in [6.45, 7) is 1.58. The molecule has 1 aromatic rings. The lowest BCUT2D eigenvalue weighted by Gasteiger charge is -2.44. The van der Waals surface area contributed by atoms with Crippen LogP contribution in [0, 0.1) is 5.92 Å². The average Bonchev–Trinajstić information content (AvgIpc) is 2.95. The van der Waals surface area contributed by atoms with Crippen molar-refractivity contribution in [3.05, 3.63) is 28.8 Å². The monoisotopic (exact) mass is 338 g/mol. The van der Waals surface area contributed by atoms with Crippen LogP contribution in [0.2, 0.25) is 0 Å². The molecule has 1 saturated heterocycles. The summed E-state index contributed by atoms with van der Waals surface area (Å²) < 4.78 is 3.98. The van der Waals surface area contributed by atoms with E-state index < -0.39 is 18.0 Å². The number of hydrogen-bond donors (Lipinski definition) is 2. The number of aliphatic hydroxyl groups excluding tert-OH is 1. The van der Waals surface area contributed by atoms with Crippen LogP contribution in [-0.2, 0) is 29.4 Å². The molecule has 2 aliphatic heterocycles. The maximum absolute atomic E-state index is 12.1. The van der Waals surface area contributed by atoms with Gasteiger partial charge in [-0.1, -0.05) is 0 Å². The van der Waals surface area contributed by atoms with Gasteiger partial charge in [-0.05, 0) is 6.92 Å². The highest BCUT2D eigenvalue weighted by Gasteiger charge is 2.56. The number of carbonyl (C=O) groups excluding carboxylic acids is 1. The topological polar surface area (TPSA) is 86.7 Å². The Morgan fingerprint density at radius 1 is 1.57 bits per heavy atom. The Balaban J connectivity index is 1.81. The van der Waals surface area contributed by atoms with Crippen LogP contribution in [0.1, 0.15) is 19.2 Å². The largest absolute Gasteiger partial charge is 0.477 e. The van der Waals surface area contributed by atoms with Gasteiger partial charge in [-0.25, -0.2) is 13.9 Å². The molecule has 0 spiro atoms. The van der Waals surface area contributed by atoms with Crippen LogP contribution in [0.15, 0.2) is 23.0 Å². The van der Waals surface area contributed by atoms with E-state index in [4.69, 9.17) is 0 Å². The van der Waals surface area contributed by atoms with E-state index in [1.807, 2.05) is 35.6 Å². The summed E-state index contributed by atoms with van der Waals surface area (Å²) in [7, 11) is 3.88. The summed E-state index contributed by atoms with van der Waals surface area (Å²) >= 11 is 1.45. The quantitative estimate of drug-likeness (QED) is 0.583. The zero-order chi connectivity index (χ0) is 16.9. The molecular weight excluding hydrogens is 318 g/mol. The highest BCUT2D eigenvalue weighted by molar-refractivity contribution is 8.02. The fourth-order valence-electron chi connectivity index (χ4n) is 3.34. The molecule has 0 aliphatic carbocycles. The number of fused-ring (bicyclic) bond motifs is 1. The molecule has 2 N–H and O–H groups in total. The van der Waals surface area contributed by atoms with Crippen LogP contribution in [0.5, 0.6) is 0 Å². The normalized spacial score (nSPS) is 24.7. The molecule has 8 heteroatoms. The molecule has 0 bridgehead atoms. The maximum atomic E-state index is 12.1. The molecular formula is C15H20N3O4S+. The van der Waals surface area contributed by atoms with Crippen molar-refractivity contribution in [2.75, 3.05) is 0 Å². The van der Waals surface area contributed by atoms with Crippen molar-refractivity contribution in [3.63, 3.8) is 0 Å². The Morgan fingerprint density at radius 3 is 2.78 bits per heavy atom. The number of amides is 1. The van der Waals surface area contributed by atoms with Crippen LogP contribution in [0.25, 0.3) is 0 Å². The number of hydrogen-bond acceptors (Lipinski definition) is 4. The molecule has 3 heterocycles. The predicted molar refractivity (Wildman–Crippen MR) is 83.0 cm³/mol. The van der Waals surface area contributed by atoms with Crippen molar-refractivity contribution in [1.82, 2.24) is 9.47 Å². The lowest BCUT2D eigenvalue weighted by molar-refractivity contribution is -0.677. The Bertz CT molecular complexity index is 690. The van der Waals surface area contributed by atoms with Crippen molar-refractivity contribution in [3.8, 4) is 0 Å². The second-order valence-corrected chi connectivity index (χ2v) is 7.12. The molecule has 7 nitrogen and oxygen atoms in total. The van der Waals surface area contributed by atoms with E-state index in [1.54, 1.807) is 6.92 Å². The third kappa shape index (κ3) is 2.46. The molecule has 1 fully saturated rings. The second kappa shape index (κ2) is 5.68. The van der Waals surface area contributed by atoms with Crippen molar-refractivity contribution in [2.24, 2.45) is 20.0 Å². The van der Waals surface area contributed by atoms with Gasteiger partial charge in [0.15, 0.2) is 0 Å². The SMILES string of the molecule is CC(O)[C@H]1C(=O)N2C(C(=O)O)=C(SCc3n(C)cc[n+]3C)CC12. The number of carboxylic acids is 1. The molecule has 1 amide bonds. The fraction of sp³-hybridized carbons (Fsp3) is 0.533. The molecule has 2 aliphatic rings. The van der Waals surface area contributed by atoms with Gasteiger partial charge in [0.05, 0.1) is 37.9 Å². The number of carboxylic acid groups (broad SMARTS) is 1. The summed E-state index contributed by atoms with van der Waals surface area (Å²) in [5.41, 5.74) is 0.0822. The van der Waals surface area contributed by atoms with Gasteiger partial charge < -0.3 is 15.1 Å². The minimum absolute atomic E-state index is 0.0822. The molecule has 1 aromatic heterocycles. The third-order valence-electron chi connectivity index (χ3n) is 4.59. The lowest BCUT2D eigenvalue weighted by Crippen LogP contribution is -2.61. The number of thioether (sulfide) groups is 1. The molecule has 3 atom stereocenters.